The fourth-order valence-electron chi connectivity index (χ4n) is 2.76. The standard InChI is InChI=1S/C14H23NO4S2/c1-13(2)9-15(10-14(3,4)19-13)21(17,18)12-6-5-11(20-12)7-8-16/h5-6,16H,7-10H2,1-4H3. The van der Waals surface area contributed by atoms with Crippen molar-refractivity contribution in [1.29, 1.82) is 0 Å². The van der Waals surface area contributed by atoms with E-state index in [1.165, 1.54) is 15.6 Å². The maximum absolute atomic E-state index is 12.8. The van der Waals surface area contributed by atoms with Crippen molar-refractivity contribution in [3.63, 3.8) is 0 Å². The van der Waals surface area contributed by atoms with E-state index in [4.69, 9.17) is 9.84 Å². The lowest BCUT2D eigenvalue weighted by Crippen LogP contribution is -2.58. The van der Waals surface area contributed by atoms with Gasteiger partial charge in [-0.3, -0.25) is 0 Å². The fourth-order valence-corrected chi connectivity index (χ4v) is 6.00. The van der Waals surface area contributed by atoms with Crippen LogP contribution >= 0.6 is 11.3 Å². The van der Waals surface area contributed by atoms with Crippen LogP contribution in [0.3, 0.4) is 0 Å². The maximum Gasteiger partial charge on any atom is 0.252 e. The molecule has 1 aliphatic rings. The molecule has 0 bridgehead atoms. The smallest absolute Gasteiger partial charge is 0.252 e. The molecule has 7 heteroatoms. The second-order valence-corrected chi connectivity index (χ2v) is 9.92. The van der Waals surface area contributed by atoms with Crippen molar-refractivity contribution in [3.8, 4) is 0 Å². The van der Waals surface area contributed by atoms with E-state index in [0.717, 1.165) is 4.88 Å². The molecule has 2 rings (SSSR count). The van der Waals surface area contributed by atoms with Gasteiger partial charge in [-0.2, -0.15) is 4.31 Å². The van der Waals surface area contributed by atoms with E-state index in [0.29, 0.717) is 23.7 Å². The third-order valence-corrected chi connectivity index (χ3v) is 6.66. The van der Waals surface area contributed by atoms with Gasteiger partial charge in [0.1, 0.15) is 4.21 Å². The monoisotopic (exact) mass is 333 g/mol. The highest BCUT2D eigenvalue weighted by atomic mass is 32.2. The number of hydrogen-bond acceptors (Lipinski definition) is 5. The van der Waals surface area contributed by atoms with E-state index in [1.807, 2.05) is 27.7 Å². The van der Waals surface area contributed by atoms with E-state index in [1.54, 1.807) is 12.1 Å². The van der Waals surface area contributed by atoms with Crippen LogP contribution in [0.5, 0.6) is 0 Å². The van der Waals surface area contributed by atoms with E-state index in [2.05, 4.69) is 0 Å². The van der Waals surface area contributed by atoms with Crippen LogP contribution < -0.4 is 0 Å². The zero-order valence-corrected chi connectivity index (χ0v) is 14.6. The molecule has 120 valence electrons. The SMILES string of the molecule is CC1(C)CN(S(=O)(=O)c2ccc(CCO)s2)CC(C)(C)O1. The number of aliphatic hydroxyl groups is 1. The number of rotatable bonds is 4. The third-order valence-electron chi connectivity index (χ3n) is 3.26. The molecule has 1 aromatic heterocycles. The topological polar surface area (TPSA) is 66.8 Å². The first-order valence-corrected chi connectivity index (χ1v) is 9.21. The highest BCUT2D eigenvalue weighted by Crippen LogP contribution is 2.33. The van der Waals surface area contributed by atoms with Crippen molar-refractivity contribution in [2.24, 2.45) is 0 Å². The summed E-state index contributed by atoms with van der Waals surface area (Å²) in [6, 6.07) is 3.39. The van der Waals surface area contributed by atoms with Gasteiger partial charge in [0.05, 0.1) is 11.2 Å². The molecular formula is C14H23NO4S2. The Balaban J connectivity index is 2.29. The molecule has 2 heterocycles. The van der Waals surface area contributed by atoms with Crippen LogP contribution in [-0.4, -0.2) is 48.7 Å². The van der Waals surface area contributed by atoms with Crippen LogP contribution in [0, 0.1) is 0 Å². The molecule has 1 fully saturated rings. The number of nitrogens with zero attached hydrogens (tertiary/aromatic N) is 1. The van der Waals surface area contributed by atoms with Gasteiger partial charge in [0, 0.05) is 31.0 Å². The Labute approximate surface area is 130 Å². The van der Waals surface area contributed by atoms with Crippen molar-refractivity contribution in [3.05, 3.63) is 17.0 Å². The second kappa shape index (κ2) is 5.62. The quantitative estimate of drug-likeness (QED) is 0.913. The molecule has 0 unspecified atom stereocenters. The fraction of sp³-hybridized carbons (Fsp3) is 0.714. The molecule has 0 spiro atoms. The molecule has 1 aromatic rings. The Kier molecular flexibility index (Phi) is 4.52. The van der Waals surface area contributed by atoms with Gasteiger partial charge in [0.25, 0.3) is 10.0 Å². The van der Waals surface area contributed by atoms with Crippen LogP contribution in [0.15, 0.2) is 16.3 Å². The molecule has 21 heavy (non-hydrogen) atoms. The summed E-state index contributed by atoms with van der Waals surface area (Å²) in [5.74, 6) is 0. The molecule has 0 saturated carbocycles. The Morgan fingerprint density at radius 1 is 1.24 bits per heavy atom. The van der Waals surface area contributed by atoms with Crippen LogP contribution in [0.4, 0.5) is 0 Å². The Bertz CT molecular complexity index is 588. The molecular weight excluding hydrogens is 310 g/mol. The minimum Gasteiger partial charge on any atom is -0.396 e. The maximum atomic E-state index is 12.8. The first kappa shape index (κ1) is 16.9. The number of thiophene rings is 1. The zero-order valence-electron chi connectivity index (χ0n) is 12.9. The minimum atomic E-state index is -3.51. The van der Waals surface area contributed by atoms with Gasteiger partial charge in [-0.1, -0.05) is 0 Å². The molecule has 0 radical (unpaired) electrons. The first-order chi connectivity index (χ1) is 9.56. The zero-order chi connectivity index (χ0) is 15.9. The molecule has 1 saturated heterocycles. The summed E-state index contributed by atoms with van der Waals surface area (Å²) in [4.78, 5) is 0.878. The van der Waals surface area contributed by atoms with Crippen LogP contribution in [-0.2, 0) is 21.2 Å². The van der Waals surface area contributed by atoms with E-state index in [9.17, 15) is 8.42 Å². The van der Waals surface area contributed by atoms with Crippen molar-refractivity contribution in [1.82, 2.24) is 4.31 Å². The first-order valence-electron chi connectivity index (χ1n) is 6.96. The number of hydrogen-bond donors (Lipinski definition) is 1. The van der Waals surface area contributed by atoms with Gasteiger partial charge in [-0.05, 0) is 39.8 Å². The molecule has 0 aliphatic carbocycles. The largest absolute Gasteiger partial charge is 0.396 e. The average molecular weight is 333 g/mol. The lowest BCUT2D eigenvalue weighted by Gasteiger charge is -2.46. The van der Waals surface area contributed by atoms with E-state index < -0.39 is 21.2 Å². The van der Waals surface area contributed by atoms with E-state index in [-0.39, 0.29) is 6.61 Å². The summed E-state index contributed by atoms with van der Waals surface area (Å²) < 4.78 is 33.4. The highest BCUT2D eigenvalue weighted by molar-refractivity contribution is 7.91. The van der Waals surface area contributed by atoms with Crippen molar-refractivity contribution in [2.45, 2.75) is 49.5 Å². The minimum absolute atomic E-state index is 0.0254. The number of morpholine rings is 1. The third kappa shape index (κ3) is 3.84. The van der Waals surface area contributed by atoms with Gasteiger partial charge in [-0.15, -0.1) is 11.3 Å². The summed E-state index contributed by atoms with van der Waals surface area (Å²) in [5.41, 5.74) is -1.03. The predicted octanol–water partition coefficient (Wildman–Crippen LogP) is 1.86. The van der Waals surface area contributed by atoms with Gasteiger partial charge >= 0.3 is 0 Å². The van der Waals surface area contributed by atoms with Gasteiger partial charge in [0.15, 0.2) is 0 Å². The average Bonchev–Trinajstić information content (AvgIpc) is 2.74. The number of aliphatic hydroxyl groups excluding tert-OH is 1. The Morgan fingerprint density at radius 2 is 1.81 bits per heavy atom. The van der Waals surface area contributed by atoms with Crippen molar-refractivity contribution >= 4 is 21.4 Å². The summed E-state index contributed by atoms with van der Waals surface area (Å²) in [6.07, 6.45) is 0.486. The number of sulfonamides is 1. The molecule has 5 nitrogen and oxygen atoms in total. The summed E-state index contributed by atoms with van der Waals surface area (Å²) in [7, 11) is -3.51. The summed E-state index contributed by atoms with van der Waals surface area (Å²) in [6.45, 7) is 8.32. The lowest BCUT2D eigenvalue weighted by molar-refractivity contribution is -0.163. The van der Waals surface area contributed by atoms with Gasteiger partial charge in [-0.25, -0.2) is 8.42 Å². The summed E-state index contributed by atoms with van der Waals surface area (Å²) in [5, 5.41) is 8.95. The predicted molar refractivity (Wildman–Crippen MR) is 83.1 cm³/mol. The molecule has 0 aromatic carbocycles. The number of ether oxygens (including phenoxy) is 1. The van der Waals surface area contributed by atoms with Crippen molar-refractivity contribution in [2.75, 3.05) is 19.7 Å². The molecule has 1 aliphatic heterocycles. The Morgan fingerprint density at radius 3 is 2.33 bits per heavy atom. The summed E-state index contributed by atoms with van der Waals surface area (Å²) >= 11 is 1.23. The van der Waals surface area contributed by atoms with Gasteiger partial charge < -0.3 is 9.84 Å². The molecule has 0 amide bonds. The second-order valence-electron chi connectivity index (χ2n) is 6.59. The molecule has 0 atom stereocenters. The lowest BCUT2D eigenvalue weighted by atomic mass is 10.0. The van der Waals surface area contributed by atoms with Crippen LogP contribution in [0.2, 0.25) is 0 Å². The Hall–Kier alpha value is -0.470. The van der Waals surface area contributed by atoms with E-state index >= 15 is 0 Å². The highest BCUT2D eigenvalue weighted by Gasteiger charge is 2.43. The normalized spacial score (nSPS) is 22.3. The van der Waals surface area contributed by atoms with Crippen LogP contribution in [0.1, 0.15) is 32.6 Å². The van der Waals surface area contributed by atoms with Gasteiger partial charge in [0.2, 0.25) is 0 Å². The molecule has 1 N–H and O–H groups in total. The van der Waals surface area contributed by atoms with Crippen LogP contribution in [0.25, 0.3) is 0 Å². The van der Waals surface area contributed by atoms with Crippen molar-refractivity contribution < 1.29 is 18.3 Å².